The average Bonchev–Trinajstić information content (AvgIpc) is 0.915. The van der Waals surface area contributed by atoms with E-state index in [1.165, 1.54) is 270 Å². The lowest BCUT2D eigenvalue weighted by Crippen LogP contribution is -2.30. The number of hydrogen-bond acceptors (Lipinski definition) is 15. The van der Waals surface area contributed by atoms with Crippen LogP contribution in [-0.4, -0.2) is 96.7 Å². The number of carbonyl (C=O) groups is 4. The lowest BCUT2D eigenvalue weighted by atomic mass is 10.0. The molecule has 0 aromatic heterocycles. The molecule has 0 saturated carbocycles. The lowest BCUT2D eigenvalue weighted by Gasteiger charge is -2.21. The molecule has 3 N–H and O–H groups in total. The molecule has 0 aromatic carbocycles. The van der Waals surface area contributed by atoms with Gasteiger partial charge in [0.1, 0.15) is 19.3 Å². The van der Waals surface area contributed by atoms with Crippen LogP contribution in [0.3, 0.4) is 0 Å². The topological polar surface area (TPSA) is 237 Å². The van der Waals surface area contributed by atoms with Gasteiger partial charge in [-0.25, -0.2) is 9.13 Å². The molecule has 0 amide bonds. The molecule has 0 heterocycles. The van der Waals surface area contributed by atoms with Crippen molar-refractivity contribution in [1.82, 2.24) is 0 Å². The van der Waals surface area contributed by atoms with E-state index in [0.717, 1.165) is 102 Å². The predicted molar refractivity (Wildman–Crippen MR) is 428 cm³/mol. The molecular weight excluding hydrogens is 1350 g/mol. The summed E-state index contributed by atoms with van der Waals surface area (Å²) in [7, 11) is -9.93. The van der Waals surface area contributed by atoms with E-state index < -0.39 is 97.5 Å². The SMILES string of the molecule is CCCCCCCCCCCCCCCCCCCCCCCCC(=O)O[C@H](COC(=O)CCCCCCCCCCCCCCCC(C)C)COP(=O)(O)OC[C@@H](O)COP(=O)(O)OC[C@@H](COC(=O)CCCCCCCCCCCC(C)C)OC(=O)CCCCCCCCCCCCCCCC. The molecule has 0 aliphatic carbocycles. The Morgan fingerprint density at radius 3 is 0.654 bits per heavy atom. The molecule has 5 atom stereocenters. The quantitative estimate of drug-likeness (QED) is 0.0222. The number of aliphatic hydroxyl groups is 1. The van der Waals surface area contributed by atoms with Crippen LogP contribution in [0.4, 0.5) is 0 Å². The molecular formula is C85H166O17P2. The third kappa shape index (κ3) is 78.2. The maximum atomic E-state index is 13.1. The van der Waals surface area contributed by atoms with Gasteiger partial charge in [-0.3, -0.25) is 37.3 Å². The van der Waals surface area contributed by atoms with Gasteiger partial charge >= 0.3 is 39.5 Å². The van der Waals surface area contributed by atoms with Gasteiger partial charge in [0.2, 0.25) is 0 Å². The van der Waals surface area contributed by atoms with Crippen molar-refractivity contribution in [2.45, 2.75) is 471 Å². The monoisotopic (exact) mass is 1520 g/mol. The Labute approximate surface area is 638 Å². The van der Waals surface area contributed by atoms with Crippen molar-refractivity contribution in [2.24, 2.45) is 11.8 Å². The molecule has 0 fully saturated rings. The highest BCUT2D eigenvalue weighted by atomic mass is 31.2. The second-order valence-electron chi connectivity index (χ2n) is 31.5. The molecule has 618 valence electrons. The van der Waals surface area contributed by atoms with Gasteiger partial charge in [0.25, 0.3) is 0 Å². The molecule has 0 aromatic rings. The highest BCUT2D eigenvalue weighted by Crippen LogP contribution is 2.45. The van der Waals surface area contributed by atoms with Crippen LogP contribution >= 0.6 is 15.6 Å². The van der Waals surface area contributed by atoms with Crippen LogP contribution in [0.15, 0.2) is 0 Å². The van der Waals surface area contributed by atoms with Crippen molar-refractivity contribution in [3.05, 3.63) is 0 Å². The first-order valence-electron chi connectivity index (χ1n) is 44.0. The number of hydrogen-bond donors (Lipinski definition) is 3. The van der Waals surface area contributed by atoms with Crippen LogP contribution in [0.5, 0.6) is 0 Å². The van der Waals surface area contributed by atoms with Gasteiger partial charge in [-0.05, 0) is 37.5 Å². The second kappa shape index (κ2) is 76.4. The van der Waals surface area contributed by atoms with Crippen LogP contribution in [0.1, 0.15) is 452 Å². The number of esters is 4. The number of phosphoric ester groups is 2. The number of carbonyl (C=O) groups excluding carboxylic acids is 4. The van der Waals surface area contributed by atoms with E-state index in [1.807, 2.05) is 0 Å². The van der Waals surface area contributed by atoms with Gasteiger partial charge in [0.15, 0.2) is 12.2 Å². The molecule has 0 aliphatic heterocycles. The van der Waals surface area contributed by atoms with E-state index in [-0.39, 0.29) is 25.7 Å². The molecule has 0 aliphatic rings. The number of aliphatic hydroxyl groups excluding tert-OH is 1. The van der Waals surface area contributed by atoms with Gasteiger partial charge in [0, 0.05) is 25.7 Å². The number of rotatable bonds is 84. The fraction of sp³-hybridized carbons (Fsp3) is 0.953. The third-order valence-electron chi connectivity index (χ3n) is 20.0. The van der Waals surface area contributed by atoms with E-state index in [2.05, 4.69) is 41.5 Å². The summed E-state index contributed by atoms with van der Waals surface area (Å²) in [6.45, 7) is 9.66. The second-order valence-corrected chi connectivity index (χ2v) is 34.4. The highest BCUT2D eigenvalue weighted by Gasteiger charge is 2.30. The largest absolute Gasteiger partial charge is 0.472 e. The molecule has 19 heteroatoms. The lowest BCUT2D eigenvalue weighted by molar-refractivity contribution is -0.161. The van der Waals surface area contributed by atoms with E-state index in [9.17, 15) is 43.2 Å². The van der Waals surface area contributed by atoms with Crippen LogP contribution in [-0.2, 0) is 65.4 Å². The summed E-state index contributed by atoms with van der Waals surface area (Å²) >= 11 is 0. The molecule has 0 spiro atoms. The van der Waals surface area contributed by atoms with E-state index >= 15 is 0 Å². The van der Waals surface area contributed by atoms with Crippen molar-refractivity contribution < 1.29 is 80.2 Å². The van der Waals surface area contributed by atoms with Crippen LogP contribution < -0.4 is 0 Å². The van der Waals surface area contributed by atoms with Gasteiger partial charge in [-0.1, -0.05) is 401 Å². The van der Waals surface area contributed by atoms with E-state index in [0.29, 0.717) is 25.7 Å². The first-order chi connectivity index (χ1) is 50.4. The standard InChI is InChI=1S/C85H166O17P2/c1-7-9-11-13-15-17-19-21-23-24-25-26-27-28-29-30-34-39-45-52-58-64-70-85(90)101-80(73-95-82(87)67-61-55-49-43-37-35-31-32-36-41-47-53-59-65-77(3)4)75-99-103(91,92)97-71-79(86)72-98-104(93,94)100-76-81(74-96-83(88)68-62-56-50-46-40-42-48-54-60-66-78(5)6)102-84(89)69-63-57-51-44-38-33-22-20-18-16-14-12-10-8-2/h77-81,86H,7-76H2,1-6H3,(H,91,92)(H,93,94)/t79-,80-,81-/m1/s1. The minimum absolute atomic E-state index is 0.108. The summed E-state index contributed by atoms with van der Waals surface area (Å²) in [4.78, 5) is 73.2. The average molecular weight is 1520 g/mol. The zero-order chi connectivity index (χ0) is 76.4. The number of ether oxygens (including phenoxy) is 4. The van der Waals surface area contributed by atoms with Crippen molar-refractivity contribution in [3.63, 3.8) is 0 Å². The van der Waals surface area contributed by atoms with Crippen LogP contribution in [0.2, 0.25) is 0 Å². The van der Waals surface area contributed by atoms with Gasteiger partial charge < -0.3 is 33.8 Å². The molecule has 0 saturated heterocycles. The number of phosphoric acid groups is 2. The molecule has 2 unspecified atom stereocenters. The number of unbranched alkanes of at least 4 members (excludes halogenated alkanes) is 54. The van der Waals surface area contributed by atoms with E-state index in [4.69, 9.17) is 37.0 Å². The summed E-state index contributed by atoms with van der Waals surface area (Å²) in [5.41, 5.74) is 0. The van der Waals surface area contributed by atoms with E-state index in [1.54, 1.807) is 0 Å². The fourth-order valence-electron chi connectivity index (χ4n) is 13.2. The van der Waals surface area contributed by atoms with Crippen molar-refractivity contribution in [1.29, 1.82) is 0 Å². The Kier molecular flexibility index (Phi) is 75.0. The summed E-state index contributed by atoms with van der Waals surface area (Å²) in [5.74, 6) is -0.568. The molecule has 104 heavy (non-hydrogen) atoms. The Morgan fingerprint density at radius 2 is 0.442 bits per heavy atom. The molecule has 17 nitrogen and oxygen atoms in total. The first kappa shape index (κ1) is 102. The highest BCUT2D eigenvalue weighted by molar-refractivity contribution is 7.47. The summed E-state index contributed by atoms with van der Waals surface area (Å²) in [6, 6.07) is 0. The smallest absolute Gasteiger partial charge is 0.462 e. The minimum atomic E-state index is -4.97. The first-order valence-corrected chi connectivity index (χ1v) is 47.0. The van der Waals surface area contributed by atoms with Crippen molar-refractivity contribution in [2.75, 3.05) is 39.6 Å². The maximum absolute atomic E-state index is 13.1. The fourth-order valence-corrected chi connectivity index (χ4v) is 14.8. The third-order valence-corrected chi connectivity index (χ3v) is 21.9. The Morgan fingerprint density at radius 1 is 0.260 bits per heavy atom. The maximum Gasteiger partial charge on any atom is 0.472 e. The zero-order valence-electron chi connectivity index (χ0n) is 68.3. The Bertz CT molecular complexity index is 1990. The summed E-state index contributed by atoms with van der Waals surface area (Å²) in [5, 5.41) is 10.7. The minimum Gasteiger partial charge on any atom is -0.462 e. The molecule has 0 radical (unpaired) electrons. The van der Waals surface area contributed by atoms with Crippen molar-refractivity contribution in [3.8, 4) is 0 Å². The molecule has 0 bridgehead atoms. The summed E-state index contributed by atoms with van der Waals surface area (Å²) < 4.78 is 68.9. The van der Waals surface area contributed by atoms with Gasteiger partial charge in [0.05, 0.1) is 26.4 Å². The van der Waals surface area contributed by atoms with Gasteiger partial charge in [-0.15, -0.1) is 0 Å². The zero-order valence-corrected chi connectivity index (χ0v) is 70.1. The normalized spacial score (nSPS) is 13.8. The predicted octanol–water partition coefficient (Wildman–Crippen LogP) is 25.8. The van der Waals surface area contributed by atoms with Crippen molar-refractivity contribution >= 4 is 39.5 Å². The Hall–Kier alpha value is -1.94. The van der Waals surface area contributed by atoms with Crippen LogP contribution in [0, 0.1) is 11.8 Å². The van der Waals surface area contributed by atoms with Gasteiger partial charge in [-0.2, -0.15) is 0 Å². The Balaban J connectivity index is 5.23. The summed E-state index contributed by atoms with van der Waals surface area (Å²) in [6.07, 6.45) is 68.1. The van der Waals surface area contributed by atoms with Crippen LogP contribution in [0.25, 0.3) is 0 Å². The molecule has 0 rings (SSSR count).